The predicted octanol–water partition coefficient (Wildman–Crippen LogP) is 3.15. The van der Waals surface area contributed by atoms with Gasteiger partial charge in [-0.3, -0.25) is 4.79 Å². The van der Waals surface area contributed by atoms with Gasteiger partial charge in [0.05, 0.1) is 12.3 Å². The number of carbonyl (C=O) groups excluding carboxylic acids is 3. The molecule has 0 aromatic heterocycles. The fourth-order valence-corrected chi connectivity index (χ4v) is 4.23. The standard InChI is InChI=1S/C23H29N2O4/c1-4-10-19-15-20(26)25(23(19)28,29-16-18-11-6-5-7-12-18)21(17(2)3)22(27)24-13-8-9-14-24/h4-7,11-12,19,21H,1-2,8-10,13-16H2,3H3/q+1. The molecule has 1 aromatic carbocycles. The van der Waals surface area contributed by atoms with Crippen molar-refractivity contribution in [1.82, 2.24) is 4.90 Å². The van der Waals surface area contributed by atoms with Crippen LogP contribution in [0.4, 0.5) is 0 Å². The summed E-state index contributed by atoms with van der Waals surface area (Å²) in [7, 11) is 0. The van der Waals surface area contributed by atoms with Gasteiger partial charge in [-0.15, -0.1) is 6.58 Å². The average Bonchev–Trinajstić information content (AvgIpc) is 3.31. The van der Waals surface area contributed by atoms with Gasteiger partial charge in [0.2, 0.25) is 6.04 Å². The molecule has 154 valence electrons. The van der Waals surface area contributed by atoms with E-state index < -0.39 is 22.5 Å². The number of hydroxylamine groups is 3. The van der Waals surface area contributed by atoms with Crippen LogP contribution < -0.4 is 0 Å². The zero-order chi connectivity index (χ0) is 21.0. The Morgan fingerprint density at radius 3 is 2.52 bits per heavy atom. The van der Waals surface area contributed by atoms with E-state index in [1.807, 2.05) is 30.3 Å². The summed E-state index contributed by atoms with van der Waals surface area (Å²) in [5.74, 6) is -1.57. The van der Waals surface area contributed by atoms with Gasteiger partial charge in [0.1, 0.15) is 6.61 Å². The summed E-state index contributed by atoms with van der Waals surface area (Å²) in [6.45, 7) is 10.7. The number of imide groups is 1. The number of hydrogen-bond donors (Lipinski definition) is 0. The van der Waals surface area contributed by atoms with Crippen molar-refractivity contribution in [2.75, 3.05) is 13.1 Å². The number of rotatable bonds is 8. The predicted molar refractivity (Wildman–Crippen MR) is 109 cm³/mol. The highest BCUT2D eigenvalue weighted by Crippen LogP contribution is 2.37. The molecule has 2 aliphatic heterocycles. The molecule has 2 heterocycles. The Labute approximate surface area is 172 Å². The zero-order valence-electron chi connectivity index (χ0n) is 17.0. The molecule has 1 aromatic rings. The van der Waals surface area contributed by atoms with Crippen molar-refractivity contribution in [3.63, 3.8) is 0 Å². The number of hydrogen-bond acceptors (Lipinski definition) is 4. The minimum atomic E-state index is -1.06. The molecule has 0 bridgehead atoms. The Balaban J connectivity index is 2.01. The Kier molecular flexibility index (Phi) is 6.45. The molecule has 29 heavy (non-hydrogen) atoms. The second-order valence-electron chi connectivity index (χ2n) is 7.86. The first-order chi connectivity index (χ1) is 13.9. The van der Waals surface area contributed by atoms with Crippen molar-refractivity contribution in [2.45, 2.75) is 45.3 Å². The minimum absolute atomic E-state index is 0.0384. The van der Waals surface area contributed by atoms with Gasteiger partial charge in [-0.25, -0.2) is 9.59 Å². The number of quaternary nitrogens is 1. The first-order valence-corrected chi connectivity index (χ1v) is 10.1. The lowest BCUT2D eigenvalue weighted by atomic mass is 10.0. The van der Waals surface area contributed by atoms with Crippen LogP contribution in [0.2, 0.25) is 0 Å². The summed E-state index contributed by atoms with van der Waals surface area (Å²) in [6, 6.07) is 8.27. The summed E-state index contributed by atoms with van der Waals surface area (Å²) < 4.78 is -0.932. The van der Waals surface area contributed by atoms with Crippen molar-refractivity contribution in [3.8, 4) is 0 Å². The summed E-state index contributed by atoms with van der Waals surface area (Å²) in [5, 5.41) is 0. The maximum absolute atomic E-state index is 13.5. The van der Waals surface area contributed by atoms with E-state index in [4.69, 9.17) is 4.84 Å². The smallest absolute Gasteiger partial charge is 0.337 e. The molecule has 0 aliphatic carbocycles. The van der Waals surface area contributed by atoms with Gasteiger partial charge >= 0.3 is 11.8 Å². The van der Waals surface area contributed by atoms with E-state index in [2.05, 4.69) is 13.2 Å². The van der Waals surface area contributed by atoms with E-state index in [0.717, 1.165) is 18.4 Å². The fourth-order valence-electron chi connectivity index (χ4n) is 4.23. The maximum Gasteiger partial charge on any atom is 0.358 e. The lowest BCUT2D eigenvalue weighted by Gasteiger charge is -2.35. The topological polar surface area (TPSA) is 63.7 Å². The van der Waals surface area contributed by atoms with Gasteiger partial charge < -0.3 is 4.90 Å². The molecule has 2 aliphatic rings. The highest BCUT2D eigenvalue weighted by molar-refractivity contribution is 5.97. The first kappa shape index (κ1) is 21.1. The van der Waals surface area contributed by atoms with Crippen LogP contribution in [0.1, 0.15) is 38.2 Å². The molecule has 3 unspecified atom stereocenters. The molecule has 0 N–H and O–H groups in total. The van der Waals surface area contributed by atoms with E-state index in [0.29, 0.717) is 25.1 Å². The van der Waals surface area contributed by atoms with Crippen molar-refractivity contribution in [3.05, 3.63) is 60.7 Å². The van der Waals surface area contributed by atoms with Crippen LogP contribution in [0.15, 0.2) is 55.1 Å². The minimum Gasteiger partial charge on any atom is -0.337 e. The Bertz CT molecular complexity index is 813. The second kappa shape index (κ2) is 8.84. The Morgan fingerprint density at radius 2 is 1.93 bits per heavy atom. The van der Waals surface area contributed by atoms with Crippen LogP contribution in [-0.4, -0.2) is 46.4 Å². The highest BCUT2D eigenvalue weighted by Gasteiger charge is 2.65. The van der Waals surface area contributed by atoms with Crippen molar-refractivity contribution < 1.29 is 23.9 Å². The quantitative estimate of drug-likeness (QED) is 0.384. The van der Waals surface area contributed by atoms with Gasteiger partial charge in [0.25, 0.3) is 5.91 Å². The molecule has 0 spiro atoms. The van der Waals surface area contributed by atoms with Crippen molar-refractivity contribution >= 4 is 17.7 Å². The van der Waals surface area contributed by atoms with Crippen molar-refractivity contribution in [2.24, 2.45) is 5.92 Å². The lowest BCUT2D eigenvalue weighted by molar-refractivity contribution is -0.990. The van der Waals surface area contributed by atoms with Crippen LogP contribution in [0.25, 0.3) is 0 Å². The number of benzene rings is 1. The molecule has 3 rings (SSSR count). The number of nitrogens with zero attached hydrogens (tertiary/aromatic N) is 2. The average molecular weight is 397 g/mol. The molecule has 6 heteroatoms. The SMILES string of the molecule is C=CCC1CC(=O)[N+](OCc2ccccc2)(C(C(=C)C)C(=O)N2CCCC2)C1=O. The molecule has 3 atom stereocenters. The molecule has 0 radical (unpaired) electrons. The van der Waals surface area contributed by atoms with Gasteiger partial charge in [0.15, 0.2) is 0 Å². The molecular formula is C23H29N2O4+. The van der Waals surface area contributed by atoms with Crippen LogP contribution >= 0.6 is 0 Å². The van der Waals surface area contributed by atoms with Gasteiger partial charge in [-0.2, -0.15) is 4.84 Å². The summed E-state index contributed by atoms with van der Waals surface area (Å²) in [5.41, 5.74) is 1.28. The summed E-state index contributed by atoms with van der Waals surface area (Å²) in [4.78, 5) is 47.9. The fraction of sp³-hybridized carbons (Fsp3) is 0.435. The van der Waals surface area contributed by atoms with E-state index in [9.17, 15) is 14.4 Å². The van der Waals surface area contributed by atoms with E-state index in [1.54, 1.807) is 17.9 Å². The summed E-state index contributed by atoms with van der Waals surface area (Å²) in [6.07, 6.45) is 3.88. The first-order valence-electron chi connectivity index (χ1n) is 10.1. The van der Waals surface area contributed by atoms with Crippen molar-refractivity contribution in [1.29, 1.82) is 0 Å². The number of allylic oxidation sites excluding steroid dienone is 1. The molecule has 2 saturated heterocycles. The van der Waals surface area contributed by atoms with Crippen LogP contribution in [0.5, 0.6) is 0 Å². The second-order valence-corrected chi connectivity index (χ2v) is 7.86. The van der Waals surface area contributed by atoms with Crippen LogP contribution in [0, 0.1) is 5.92 Å². The zero-order valence-corrected chi connectivity index (χ0v) is 17.0. The van der Waals surface area contributed by atoms with Gasteiger partial charge in [-0.05, 0) is 42.0 Å². The van der Waals surface area contributed by atoms with Gasteiger partial charge in [0, 0.05) is 13.1 Å². The Morgan fingerprint density at radius 1 is 1.28 bits per heavy atom. The lowest BCUT2D eigenvalue weighted by Crippen LogP contribution is -2.64. The third-order valence-electron chi connectivity index (χ3n) is 5.68. The third-order valence-corrected chi connectivity index (χ3v) is 5.68. The van der Waals surface area contributed by atoms with Crippen LogP contribution in [-0.2, 0) is 25.8 Å². The van der Waals surface area contributed by atoms with E-state index >= 15 is 0 Å². The molecule has 2 fully saturated rings. The molecular weight excluding hydrogens is 368 g/mol. The third kappa shape index (κ3) is 3.95. The number of amides is 3. The highest BCUT2D eigenvalue weighted by atomic mass is 16.7. The Hall–Kier alpha value is -2.57. The summed E-state index contributed by atoms with van der Waals surface area (Å²) >= 11 is 0. The van der Waals surface area contributed by atoms with Crippen LogP contribution in [0.3, 0.4) is 0 Å². The number of carbonyl (C=O) groups is 3. The number of likely N-dealkylation sites (tertiary alicyclic amines) is 2. The van der Waals surface area contributed by atoms with E-state index in [-0.39, 0.29) is 24.8 Å². The maximum atomic E-state index is 13.5. The monoisotopic (exact) mass is 397 g/mol. The molecule has 3 amide bonds. The normalized spacial score (nSPS) is 25.3. The largest absolute Gasteiger partial charge is 0.358 e. The van der Waals surface area contributed by atoms with E-state index in [1.165, 1.54) is 0 Å². The molecule has 0 saturated carbocycles. The molecule has 6 nitrogen and oxygen atoms in total. The van der Waals surface area contributed by atoms with Gasteiger partial charge in [-0.1, -0.05) is 43.0 Å².